The van der Waals surface area contributed by atoms with Gasteiger partial charge in [-0.25, -0.2) is 4.39 Å². The monoisotopic (exact) mass is 389 g/mol. The van der Waals surface area contributed by atoms with E-state index in [1.165, 1.54) is 6.07 Å². The Morgan fingerprint density at radius 1 is 1.22 bits per heavy atom. The summed E-state index contributed by atoms with van der Waals surface area (Å²) in [6.45, 7) is 3.45. The summed E-state index contributed by atoms with van der Waals surface area (Å²) in [5.74, 6) is 0.509. The van der Waals surface area contributed by atoms with Crippen LogP contribution in [-0.4, -0.2) is 53.0 Å². The molecule has 130 valence electrons. The molecule has 5 nitrogen and oxygen atoms in total. The van der Waals surface area contributed by atoms with Crippen molar-refractivity contribution in [1.82, 2.24) is 10.6 Å². The second kappa shape index (κ2) is 12.3. The van der Waals surface area contributed by atoms with Crippen molar-refractivity contribution in [3.8, 4) is 0 Å². The summed E-state index contributed by atoms with van der Waals surface area (Å²) in [6.07, 6.45) is 1.69. The molecule has 2 N–H and O–H groups in total. The van der Waals surface area contributed by atoms with E-state index in [0.29, 0.717) is 24.3 Å². The van der Waals surface area contributed by atoms with Crippen LogP contribution in [0.4, 0.5) is 4.39 Å². The summed E-state index contributed by atoms with van der Waals surface area (Å²) in [7, 11) is 3.39. The van der Waals surface area contributed by atoms with Gasteiger partial charge in [-0.15, -0.1) is 0 Å². The highest BCUT2D eigenvalue weighted by Gasteiger charge is 2.01. The number of aliphatic imine (C=N–C) groups is 1. The van der Waals surface area contributed by atoms with E-state index in [2.05, 4.69) is 31.6 Å². The van der Waals surface area contributed by atoms with E-state index in [1.54, 1.807) is 26.3 Å². The van der Waals surface area contributed by atoms with E-state index in [1.807, 2.05) is 0 Å². The Hall–Kier alpha value is -1.18. The van der Waals surface area contributed by atoms with E-state index < -0.39 is 0 Å². The van der Waals surface area contributed by atoms with Gasteiger partial charge in [-0.05, 0) is 46.5 Å². The number of ether oxygens (including phenoxy) is 2. The van der Waals surface area contributed by atoms with E-state index in [-0.39, 0.29) is 5.82 Å². The molecule has 0 saturated heterocycles. The molecule has 0 unspecified atom stereocenters. The average Bonchev–Trinajstić information content (AvgIpc) is 2.55. The van der Waals surface area contributed by atoms with Crippen molar-refractivity contribution in [3.05, 3.63) is 34.1 Å². The zero-order valence-corrected chi connectivity index (χ0v) is 15.3. The number of methoxy groups -OCH3 is 1. The van der Waals surface area contributed by atoms with Crippen molar-refractivity contribution in [3.63, 3.8) is 0 Å². The molecule has 0 aliphatic rings. The van der Waals surface area contributed by atoms with Gasteiger partial charge in [0.25, 0.3) is 0 Å². The minimum absolute atomic E-state index is 0.244. The molecule has 1 aromatic rings. The molecule has 0 aromatic heterocycles. The maximum absolute atomic E-state index is 13.2. The lowest BCUT2D eigenvalue weighted by Crippen LogP contribution is -2.39. The Morgan fingerprint density at radius 3 is 2.70 bits per heavy atom. The van der Waals surface area contributed by atoms with Crippen LogP contribution >= 0.6 is 15.9 Å². The molecule has 1 rings (SSSR count). The topological polar surface area (TPSA) is 54.9 Å². The van der Waals surface area contributed by atoms with Crippen molar-refractivity contribution in [2.24, 2.45) is 4.99 Å². The molecule has 0 aliphatic carbocycles. The lowest BCUT2D eigenvalue weighted by Gasteiger charge is -2.12. The van der Waals surface area contributed by atoms with Crippen LogP contribution in [0.1, 0.15) is 12.0 Å². The first-order chi connectivity index (χ1) is 11.2. The largest absolute Gasteiger partial charge is 0.382 e. The maximum Gasteiger partial charge on any atom is 0.190 e. The van der Waals surface area contributed by atoms with Crippen molar-refractivity contribution < 1.29 is 13.9 Å². The van der Waals surface area contributed by atoms with Gasteiger partial charge in [-0.2, -0.15) is 0 Å². The van der Waals surface area contributed by atoms with Crippen LogP contribution in [0.15, 0.2) is 27.7 Å². The molecule has 0 bridgehead atoms. The van der Waals surface area contributed by atoms with E-state index in [9.17, 15) is 4.39 Å². The van der Waals surface area contributed by atoms with Gasteiger partial charge in [0.05, 0.1) is 17.7 Å². The van der Waals surface area contributed by atoms with Crippen molar-refractivity contribution in [2.45, 2.75) is 12.8 Å². The standard InChI is InChI=1S/C16H25BrFN3O2/c1-19-16(20-7-3-9-23-11-10-22-2)21-8-6-13-4-5-15(18)14(17)12-13/h4-5,12H,3,6-11H2,1-2H3,(H2,19,20,21). The first-order valence-corrected chi connectivity index (χ1v) is 8.41. The summed E-state index contributed by atoms with van der Waals surface area (Å²) in [4.78, 5) is 4.16. The predicted molar refractivity (Wildman–Crippen MR) is 94.5 cm³/mol. The number of halogens is 2. The maximum atomic E-state index is 13.2. The predicted octanol–water partition coefficient (Wildman–Crippen LogP) is 2.35. The van der Waals surface area contributed by atoms with Crippen LogP contribution < -0.4 is 10.6 Å². The number of hydrogen-bond donors (Lipinski definition) is 2. The quantitative estimate of drug-likeness (QED) is 0.366. The highest BCUT2D eigenvalue weighted by atomic mass is 79.9. The summed E-state index contributed by atoms with van der Waals surface area (Å²) < 4.78 is 24.0. The number of hydrogen-bond acceptors (Lipinski definition) is 3. The third-order valence-corrected chi connectivity index (χ3v) is 3.71. The molecule has 0 amide bonds. The Balaban J connectivity index is 2.15. The molecule has 0 saturated carbocycles. The van der Waals surface area contributed by atoms with Crippen LogP contribution in [-0.2, 0) is 15.9 Å². The SMILES string of the molecule is CN=C(NCCCOCCOC)NCCc1ccc(F)c(Br)c1. The highest BCUT2D eigenvalue weighted by Crippen LogP contribution is 2.16. The fourth-order valence-electron chi connectivity index (χ4n) is 1.87. The number of benzene rings is 1. The third-order valence-electron chi connectivity index (χ3n) is 3.10. The van der Waals surface area contributed by atoms with Gasteiger partial charge in [0.1, 0.15) is 5.82 Å². The molecule has 1 aromatic carbocycles. The second-order valence-electron chi connectivity index (χ2n) is 4.88. The lowest BCUT2D eigenvalue weighted by atomic mass is 10.1. The van der Waals surface area contributed by atoms with E-state index >= 15 is 0 Å². The van der Waals surface area contributed by atoms with Gasteiger partial charge in [0.15, 0.2) is 5.96 Å². The fraction of sp³-hybridized carbons (Fsp3) is 0.562. The Labute approximate surface area is 145 Å². The Bertz CT molecular complexity index is 486. The minimum Gasteiger partial charge on any atom is -0.382 e. The Kier molecular flexibility index (Phi) is 10.6. The van der Waals surface area contributed by atoms with Gasteiger partial charge in [0, 0.05) is 33.9 Å². The molecule has 0 spiro atoms. The fourth-order valence-corrected chi connectivity index (χ4v) is 2.29. The smallest absolute Gasteiger partial charge is 0.190 e. The molecular formula is C16H25BrFN3O2. The van der Waals surface area contributed by atoms with Gasteiger partial charge in [-0.1, -0.05) is 6.07 Å². The van der Waals surface area contributed by atoms with Crippen LogP contribution in [0.3, 0.4) is 0 Å². The summed E-state index contributed by atoms with van der Waals surface area (Å²) >= 11 is 3.19. The van der Waals surface area contributed by atoms with Crippen LogP contribution in [0.5, 0.6) is 0 Å². The number of nitrogens with one attached hydrogen (secondary N) is 2. The first-order valence-electron chi connectivity index (χ1n) is 7.62. The minimum atomic E-state index is -0.244. The van der Waals surface area contributed by atoms with Gasteiger partial charge in [-0.3, -0.25) is 4.99 Å². The zero-order chi connectivity index (χ0) is 16.9. The normalized spacial score (nSPS) is 11.6. The number of guanidine groups is 1. The van der Waals surface area contributed by atoms with Crippen LogP contribution in [0.25, 0.3) is 0 Å². The molecule has 0 atom stereocenters. The molecule has 0 heterocycles. The average molecular weight is 390 g/mol. The Morgan fingerprint density at radius 2 is 2.00 bits per heavy atom. The van der Waals surface area contributed by atoms with Crippen LogP contribution in [0, 0.1) is 5.82 Å². The van der Waals surface area contributed by atoms with Gasteiger partial charge in [0.2, 0.25) is 0 Å². The molecule has 0 aliphatic heterocycles. The number of rotatable bonds is 10. The van der Waals surface area contributed by atoms with Crippen molar-refractivity contribution >= 4 is 21.9 Å². The van der Waals surface area contributed by atoms with Crippen molar-refractivity contribution in [2.75, 3.05) is 47.1 Å². The van der Waals surface area contributed by atoms with Gasteiger partial charge >= 0.3 is 0 Å². The van der Waals surface area contributed by atoms with E-state index in [4.69, 9.17) is 9.47 Å². The molecule has 7 heteroatoms. The summed E-state index contributed by atoms with van der Waals surface area (Å²) in [6, 6.07) is 5.05. The zero-order valence-electron chi connectivity index (χ0n) is 13.7. The van der Waals surface area contributed by atoms with E-state index in [0.717, 1.165) is 37.5 Å². The molecule has 0 fully saturated rings. The van der Waals surface area contributed by atoms with Crippen molar-refractivity contribution in [1.29, 1.82) is 0 Å². The molecule has 23 heavy (non-hydrogen) atoms. The first kappa shape index (κ1) is 19.9. The van der Waals surface area contributed by atoms with Crippen LogP contribution in [0.2, 0.25) is 0 Å². The molecule has 0 radical (unpaired) electrons. The summed E-state index contributed by atoms with van der Waals surface area (Å²) in [5, 5.41) is 6.46. The highest BCUT2D eigenvalue weighted by molar-refractivity contribution is 9.10. The lowest BCUT2D eigenvalue weighted by molar-refractivity contribution is 0.0698. The number of nitrogens with zero attached hydrogens (tertiary/aromatic N) is 1. The molecular weight excluding hydrogens is 365 g/mol. The van der Waals surface area contributed by atoms with Gasteiger partial charge < -0.3 is 20.1 Å². The third kappa shape index (κ3) is 8.88. The second-order valence-corrected chi connectivity index (χ2v) is 5.74. The summed E-state index contributed by atoms with van der Waals surface area (Å²) in [5.41, 5.74) is 1.06.